The van der Waals surface area contributed by atoms with Crippen LogP contribution in [-0.4, -0.2) is 23.8 Å². The van der Waals surface area contributed by atoms with Crippen LogP contribution in [0.1, 0.15) is 18.7 Å². The Morgan fingerprint density at radius 3 is 2.79 bits per heavy atom. The molecule has 0 atom stereocenters. The highest BCUT2D eigenvalue weighted by molar-refractivity contribution is 7.98. The van der Waals surface area contributed by atoms with Crippen molar-refractivity contribution in [3.05, 3.63) is 36.4 Å². The average molecular weight is 274 g/mol. The Balaban J connectivity index is 1.61. The number of benzene rings is 1. The van der Waals surface area contributed by atoms with E-state index in [1.165, 1.54) is 17.7 Å². The molecule has 0 amide bonds. The maximum Gasteiger partial charge on any atom is 0.196 e. The lowest BCUT2D eigenvalue weighted by Gasteiger charge is -2.00. The third-order valence-electron chi connectivity index (χ3n) is 3.28. The smallest absolute Gasteiger partial charge is 0.196 e. The molecular formula is C15H18N2OS. The van der Waals surface area contributed by atoms with Gasteiger partial charge in [-0.3, -0.25) is 0 Å². The number of hydrogen-bond acceptors (Lipinski definition) is 4. The van der Waals surface area contributed by atoms with E-state index < -0.39 is 0 Å². The standard InChI is InChI=1S/C15H18N2OS/c1-19-13-6-2-11(3-7-13)14-10-17-15(18-14)8-9-16-12-4-5-12/h2-3,6-7,10,12,16H,4-5,8-9H2,1H3. The molecular weight excluding hydrogens is 256 g/mol. The van der Waals surface area contributed by atoms with Gasteiger partial charge in [0.1, 0.15) is 0 Å². The highest BCUT2D eigenvalue weighted by atomic mass is 32.2. The maximum absolute atomic E-state index is 5.79. The summed E-state index contributed by atoms with van der Waals surface area (Å²) in [6.45, 7) is 0.954. The van der Waals surface area contributed by atoms with Crippen LogP contribution in [0.4, 0.5) is 0 Å². The summed E-state index contributed by atoms with van der Waals surface area (Å²) < 4.78 is 5.79. The van der Waals surface area contributed by atoms with Gasteiger partial charge >= 0.3 is 0 Å². The zero-order chi connectivity index (χ0) is 13.1. The van der Waals surface area contributed by atoms with E-state index in [0.717, 1.165) is 36.2 Å². The fraction of sp³-hybridized carbons (Fsp3) is 0.400. The molecule has 3 nitrogen and oxygen atoms in total. The molecule has 1 aliphatic rings. The van der Waals surface area contributed by atoms with Crippen molar-refractivity contribution < 1.29 is 4.42 Å². The fourth-order valence-electron chi connectivity index (χ4n) is 1.99. The summed E-state index contributed by atoms with van der Waals surface area (Å²) in [6, 6.07) is 9.12. The third-order valence-corrected chi connectivity index (χ3v) is 4.02. The number of nitrogens with one attached hydrogen (secondary N) is 1. The molecule has 0 aliphatic heterocycles. The molecule has 2 aromatic rings. The van der Waals surface area contributed by atoms with E-state index in [2.05, 4.69) is 40.8 Å². The Kier molecular flexibility index (Phi) is 3.89. The molecule has 0 spiro atoms. The van der Waals surface area contributed by atoms with Gasteiger partial charge in [0, 0.05) is 29.5 Å². The second-order valence-electron chi connectivity index (χ2n) is 4.83. The molecule has 1 aromatic carbocycles. The van der Waals surface area contributed by atoms with Gasteiger partial charge in [-0.05, 0) is 31.2 Å². The number of nitrogens with zero attached hydrogens (tertiary/aromatic N) is 1. The minimum absolute atomic E-state index is 0.744. The molecule has 1 aromatic heterocycles. The lowest BCUT2D eigenvalue weighted by atomic mass is 10.2. The highest BCUT2D eigenvalue weighted by Gasteiger charge is 2.20. The van der Waals surface area contributed by atoms with Crippen molar-refractivity contribution in [2.75, 3.05) is 12.8 Å². The quantitative estimate of drug-likeness (QED) is 0.820. The van der Waals surface area contributed by atoms with Crippen molar-refractivity contribution in [2.24, 2.45) is 0 Å². The zero-order valence-electron chi connectivity index (χ0n) is 11.1. The van der Waals surface area contributed by atoms with Crippen molar-refractivity contribution in [2.45, 2.75) is 30.2 Å². The van der Waals surface area contributed by atoms with Crippen LogP contribution in [0.5, 0.6) is 0 Å². The topological polar surface area (TPSA) is 38.1 Å². The van der Waals surface area contributed by atoms with Crippen LogP contribution >= 0.6 is 11.8 Å². The van der Waals surface area contributed by atoms with E-state index in [4.69, 9.17) is 4.42 Å². The first-order valence-electron chi connectivity index (χ1n) is 6.67. The minimum atomic E-state index is 0.744. The van der Waals surface area contributed by atoms with Crippen LogP contribution in [-0.2, 0) is 6.42 Å². The van der Waals surface area contributed by atoms with E-state index >= 15 is 0 Å². The van der Waals surface area contributed by atoms with Crippen LogP contribution in [0, 0.1) is 0 Å². The van der Waals surface area contributed by atoms with Gasteiger partial charge in [-0.15, -0.1) is 11.8 Å². The number of hydrogen-bond donors (Lipinski definition) is 1. The van der Waals surface area contributed by atoms with Gasteiger partial charge in [0.2, 0.25) is 0 Å². The maximum atomic E-state index is 5.79. The summed E-state index contributed by atoms with van der Waals surface area (Å²) >= 11 is 1.74. The number of aromatic nitrogens is 1. The van der Waals surface area contributed by atoms with Crippen molar-refractivity contribution in [1.82, 2.24) is 10.3 Å². The van der Waals surface area contributed by atoms with E-state index in [-0.39, 0.29) is 0 Å². The minimum Gasteiger partial charge on any atom is -0.441 e. The molecule has 1 N–H and O–H groups in total. The summed E-state index contributed by atoms with van der Waals surface area (Å²) in [6.07, 6.45) is 7.39. The Morgan fingerprint density at radius 2 is 2.11 bits per heavy atom. The van der Waals surface area contributed by atoms with Crippen LogP contribution in [0.2, 0.25) is 0 Å². The predicted molar refractivity (Wildman–Crippen MR) is 78.4 cm³/mol. The molecule has 1 fully saturated rings. The molecule has 1 aliphatic carbocycles. The van der Waals surface area contributed by atoms with E-state index in [9.17, 15) is 0 Å². The highest BCUT2D eigenvalue weighted by Crippen LogP contribution is 2.24. The third kappa shape index (κ3) is 3.39. The normalized spacial score (nSPS) is 14.8. The van der Waals surface area contributed by atoms with Crippen LogP contribution in [0.15, 0.2) is 39.8 Å². The summed E-state index contributed by atoms with van der Waals surface area (Å²) in [5.74, 6) is 1.67. The van der Waals surface area contributed by atoms with Crippen LogP contribution < -0.4 is 5.32 Å². The zero-order valence-corrected chi connectivity index (χ0v) is 11.9. The van der Waals surface area contributed by atoms with Gasteiger partial charge in [0.15, 0.2) is 11.7 Å². The number of rotatable bonds is 6. The lowest BCUT2D eigenvalue weighted by Crippen LogP contribution is -2.19. The summed E-state index contributed by atoms with van der Waals surface area (Å²) in [4.78, 5) is 5.60. The summed E-state index contributed by atoms with van der Waals surface area (Å²) in [5, 5.41) is 3.47. The second-order valence-corrected chi connectivity index (χ2v) is 5.70. The second kappa shape index (κ2) is 5.80. The lowest BCUT2D eigenvalue weighted by molar-refractivity contribution is 0.494. The van der Waals surface area contributed by atoms with Gasteiger partial charge in [-0.25, -0.2) is 4.98 Å². The van der Waals surface area contributed by atoms with Gasteiger partial charge in [0.25, 0.3) is 0 Å². The largest absolute Gasteiger partial charge is 0.441 e. The molecule has 0 saturated heterocycles. The molecule has 0 unspecified atom stereocenters. The molecule has 4 heteroatoms. The molecule has 1 saturated carbocycles. The van der Waals surface area contributed by atoms with Gasteiger partial charge in [-0.2, -0.15) is 0 Å². The Labute approximate surface area is 117 Å². The first-order chi connectivity index (χ1) is 9.35. The molecule has 3 rings (SSSR count). The summed E-state index contributed by atoms with van der Waals surface area (Å²) in [5.41, 5.74) is 1.09. The molecule has 1 heterocycles. The van der Waals surface area contributed by atoms with Crippen molar-refractivity contribution in [3.8, 4) is 11.3 Å². The Bertz CT molecular complexity index is 531. The first-order valence-corrected chi connectivity index (χ1v) is 7.90. The first kappa shape index (κ1) is 12.8. The molecule has 100 valence electrons. The number of oxazole rings is 1. The monoisotopic (exact) mass is 274 g/mol. The molecule has 19 heavy (non-hydrogen) atoms. The fourth-order valence-corrected chi connectivity index (χ4v) is 2.39. The van der Waals surface area contributed by atoms with Crippen molar-refractivity contribution in [3.63, 3.8) is 0 Å². The molecule has 0 bridgehead atoms. The van der Waals surface area contributed by atoms with Gasteiger partial charge in [-0.1, -0.05) is 12.1 Å². The predicted octanol–water partition coefficient (Wildman–Crippen LogP) is 3.36. The van der Waals surface area contributed by atoms with Gasteiger partial charge in [0.05, 0.1) is 6.20 Å². The Morgan fingerprint density at radius 1 is 1.32 bits per heavy atom. The van der Waals surface area contributed by atoms with E-state index in [1.807, 2.05) is 6.20 Å². The molecule has 0 radical (unpaired) electrons. The number of thioether (sulfide) groups is 1. The van der Waals surface area contributed by atoms with Crippen molar-refractivity contribution >= 4 is 11.8 Å². The van der Waals surface area contributed by atoms with E-state index in [0.29, 0.717) is 0 Å². The van der Waals surface area contributed by atoms with Crippen molar-refractivity contribution in [1.29, 1.82) is 0 Å². The summed E-state index contributed by atoms with van der Waals surface area (Å²) in [7, 11) is 0. The van der Waals surface area contributed by atoms with E-state index in [1.54, 1.807) is 11.8 Å². The van der Waals surface area contributed by atoms with Crippen LogP contribution in [0.3, 0.4) is 0 Å². The SMILES string of the molecule is CSc1ccc(-c2cnc(CCNC3CC3)o2)cc1. The Hall–Kier alpha value is -1.26. The average Bonchev–Trinajstić information content (AvgIpc) is 3.15. The van der Waals surface area contributed by atoms with Crippen LogP contribution in [0.25, 0.3) is 11.3 Å². The van der Waals surface area contributed by atoms with Gasteiger partial charge < -0.3 is 9.73 Å².